The van der Waals surface area contributed by atoms with Crippen molar-refractivity contribution in [2.24, 2.45) is 0 Å². The Morgan fingerprint density at radius 3 is 2.61 bits per heavy atom. The van der Waals surface area contributed by atoms with Crippen LogP contribution in [0.2, 0.25) is 0 Å². The molecule has 1 aromatic rings. The van der Waals surface area contributed by atoms with Gasteiger partial charge in [-0.05, 0) is 56.5 Å². The van der Waals surface area contributed by atoms with Gasteiger partial charge in [0.25, 0.3) is 5.91 Å². The molecule has 2 aliphatic heterocycles. The molecular weight excluding hydrogens is 286 g/mol. The van der Waals surface area contributed by atoms with Gasteiger partial charge in [-0.15, -0.1) is 6.58 Å². The molecule has 120 valence electrons. The van der Waals surface area contributed by atoms with Gasteiger partial charge in [0.1, 0.15) is 0 Å². The molecule has 0 N–H and O–H groups in total. The molecule has 0 bridgehead atoms. The van der Waals surface area contributed by atoms with Gasteiger partial charge < -0.3 is 4.90 Å². The number of hydrogen-bond acceptors (Lipinski definition) is 3. The Hall–Kier alpha value is -2.12. The van der Waals surface area contributed by atoms with Crippen LogP contribution in [0.1, 0.15) is 41.6 Å². The highest BCUT2D eigenvalue weighted by atomic mass is 16.2. The van der Waals surface area contributed by atoms with Crippen LogP contribution in [0, 0.1) is 11.3 Å². The lowest BCUT2D eigenvalue weighted by Crippen LogP contribution is -2.56. The first-order chi connectivity index (χ1) is 11.2. The summed E-state index contributed by atoms with van der Waals surface area (Å²) >= 11 is 0. The second-order valence-corrected chi connectivity index (χ2v) is 6.58. The summed E-state index contributed by atoms with van der Waals surface area (Å²) in [6, 6.07) is 9.05. The van der Waals surface area contributed by atoms with Crippen molar-refractivity contribution < 1.29 is 4.79 Å². The summed E-state index contributed by atoms with van der Waals surface area (Å²) in [5, 5.41) is 8.88. The van der Waals surface area contributed by atoms with Gasteiger partial charge in [0, 0.05) is 30.7 Å². The van der Waals surface area contributed by atoms with E-state index >= 15 is 0 Å². The highest BCUT2D eigenvalue weighted by Crippen LogP contribution is 2.37. The molecule has 0 aromatic heterocycles. The lowest BCUT2D eigenvalue weighted by atomic mass is 9.86. The minimum atomic E-state index is 0.0824. The summed E-state index contributed by atoms with van der Waals surface area (Å²) in [7, 11) is 0. The highest BCUT2D eigenvalue weighted by molar-refractivity contribution is 5.94. The molecule has 1 atom stereocenters. The third kappa shape index (κ3) is 3.02. The molecule has 4 nitrogen and oxygen atoms in total. The number of rotatable bonds is 3. The summed E-state index contributed by atoms with van der Waals surface area (Å²) in [4.78, 5) is 17.3. The Balaban J connectivity index is 1.76. The smallest absolute Gasteiger partial charge is 0.253 e. The van der Waals surface area contributed by atoms with Crippen LogP contribution >= 0.6 is 0 Å². The number of likely N-dealkylation sites (tertiary alicyclic amines) is 2. The summed E-state index contributed by atoms with van der Waals surface area (Å²) in [6.45, 7) is 7.50. The zero-order valence-electron chi connectivity index (χ0n) is 13.5. The van der Waals surface area contributed by atoms with Gasteiger partial charge in [-0.3, -0.25) is 9.69 Å². The number of piperidine rings is 1. The van der Waals surface area contributed by atoms with E-state index in [4.69, 9.17) is 5.26 Å². The van der Waals surface area contributed by atoms with Crippen molar-refractivity contribution in [2.45, 2.75) is 31.2 Å². The predicted molar refractivity (Wildman–Crippen MR) is 90.0 cm³/mol. The maximum atomic E-state index is 12.8. The minimum absolute atomic E-state index is 0.0824. The molecule has 0 aliphatic carbocycles. The van der Waals surface area contributed by atoms with Gasteiger partial charge in [0.2, 0.25) is 0 Å². The van der Waals surface area contributed by atoms with Crippen molar-refractivity contribution in [3.05, 3.63) is 48.0 Å². The maximum absolute atomic E-state index is 12.8. The van der Waals surface area contributed by atoms with Crippen molar-refractivity contribution in [1.82, 2.24) is 9.80 Å². The van der Waals surface area contributed by atoms with Gasteiger partial charge in [-0.25, -0.2) is 0 Å². The van der Waals surface area contributed by atoms with Crippen LogP contribution in [0.3, 0.4) is 0 Å². The lowest BCUT2D eigenvalue weighted by Gasteiger charge is -2.45. The molecule has 3 rings (SSSR count). The molecule has 1 amide bonds. The Kier molecular flexibility index (Phi) is 4.49. The van der Waals surface area contributed by atoms with E-state index in [0.29, 0.717) is 11.1 Å². The number of benzene rings is 1. The first kappa shape index (κ1) is 15.8. The fraction of sp³-hybridized carbons (Fsp3) is 0.474. The number of carbonyl (C=O) groups excluding carboxylic acids is 1. The van der Waals surface area contributed by atoms with Crippen LogP contribution in [0.15, 0.2) is 36.9 Å². The molecule has 2 fully saturated rings. The van der Waals surface area contributed by atoms with Gasteiger partial charge in [0.15, 0.2) is 0 Å². The number of nitriles is 1. The van der Waals surface area contributed by atoms with E-state index in [2.05, 4.69) is 17.5 Å². The standard InChI is InChI=1S/C19H23N3O/c1-2-11-22-13-4-10-19(22)9-3-12-21(15-19)18(23)17-7-5-16(14-20)6-8-17/h2,5-8H,1,3-4,9-13,15H2. The van der Waals surface area contributed by atoms with Gasteiger partial charge in [0.05, 0.1) is 11.6 Å². The van der Waals surface area contributed by atoms with Crippen LogP contribution < -0.4 is 0 Å². The van der Waals surface area contributed by atoms with Gasteiger partial charge in [-0.2, -0.15) is 5.26 Å². The summed E-state index contributed by atoms with van der Waals surface area (Å²) in [6.07, 6.45) is 6.55. The average Bonchev–Trinajstić information content (AvgIpc) is 2.96. The molecular formula is C19H23N3O. The van der Waals surface area contributed by atoms with E-state index in [1.165, 1.54) is 6.42 Å². The molecule has 1 unspecified atom stereocenters. The first-order valence-corrected chi connectivity index (χ1v) is 8.34. The predicted octanol–water partition coefficient (Wildman–Crippen LogP) is 2.81. The normalized spacial score (nSPS) is 24.6. The van der Waals surface area contributed by atoms with E-state index in [0.717, 1.165) is 45.4 Å². The molecule has 0 saturated carbocycles. The number of amides is 1. The average molecular weight is 309 g/mol. The van der Waals surface area contributed by atoms with Crippen LogP contribution in [-0.2, 0) is 0 Å². The Morgan fingerprint density at radius 1 is 1.26 bits per heavy atom. The molecule has 2 aliphatic rings. The summed E-state index contributed by atoms with van der Waals surface area (Å²) < 4.78 is 0. The number of hydrogen-bond donors (Lipinski definition) is 0. The number of carbonyl (C=O) groups is 1. The molecule has 1 aromatic carbocycles. The van der Waals surface area contributed by atoms with Crippen LogP contribution in [0.25, 0.3) is 0 Å². The molecule has 23 heavy (non-hydrogen) atoms. The van der Waals surface area contributed by atoms with Crippen molar-refractivity contribution in [3.63, 3.8) is 0 Å². The van der Waals surface area contributed by atoms with Gasteiger partial charge >= 0.3 is 0 Å². The molecule has 2 saturated heterocycles. The van der Waals surface area contributed by atoms with Crippen molar-refractivity contribution in [1.29, 1.82) is 5.26 Å². The second kappa shape index (κ2) is 6.55. The maximum Gasteiger partial charge on any atom is 0.253 e. The van der Waals surface area contributed by atoms with Crippen LogP contribution in [0.5, 0.6) is 0 Å². The fourth-order valence-electron chi connectivity index (χ4n) is 4.05. The number of nitrogens with zero attached hydrogens (tertiary/aromatic N) is 3. The SMILES string of the molecule is C=CCN1CCCC12CCCN(C(=O)c1ccc(C#N)cc1)C2. The van der Waals surface area contributed by atoms with Crippen molar-refractivity contribution >= 4 is 5.91 Å². The van der Waals surface area contributed by atoms with Crippen molar-refractivity contribution in [3.8, 4) is 6.07 Å². The topological polar surface area (TPSA) is 47.3 Å². The summed E-state index contributed by atoms with van der Waals surface area (Å²) in [5.41, 5.74) is 1.40. The van der Waals surface area contributed by atoms with E-state index in [-0.39, 0.29) is 11.4 Å². The quantitative estimate of drug-likeness (QED) is 0.807. The van der Waals surface area contributed by atoms with Crippen molar-refractivity contribution in [2.75, 3.05) is 26.2 Å². The van der Waals surface area contributed by atoms with E-state index < -0.39 is 0 Å². The lowest BCUT2D eigenvalue weighted by molar-refractivity contribution is 0.0367. The Bertz CT molecular complexity index is 631. The minimum Gasteiger partial charge on any atom is -0.337 e. The molecule has 4 heteroatoms. The zero-order chi connectivity index (χ0) is 16.3. The molecule has 1 spiro atoms. The Morgan fingerprint density at radius 2 is 1.96 bits per heavy atom. The largest absolute Gasteiger partial charge is 0.337 e. The third-order valence-electron chi connectivity index (χ3n) is 5.19. The molecule has 0 radical (unpaired) electrons. The van der Waals surface area contributed by atoms with E-state index in [1.54, 1.807) is 24.3 Å². The fourth-order valence-corrected chi connectivity index (χ4v) is 4.05. The second-order valence-electron chi connectivity index (χ2n) is 6.58. The summed E-state index contributed by atoms with van der Waals surface area (Å²) in [5.74, 6) is 0.0824. The van der Waals surface area contributed by atoms with Crippen LogP contribution in [-0.4, -0.2) is 47.4 Å². The van der Waals surface area contributed by atoms with Crippen LogP contribution in [0.4, 0.5) is 0 Å². The highest BCUT2D eigenvalue weighted by Gasteiger charge is 2.44. The Labute approximate surface area is 138 Å². The monoisotopic (exact) mass is 309 g/mol. The van der Waals surface area contributed by atoms with E-state index in [1.807, 2.05) is 11.0 Å². The van der Waals surface area contributed by atoms with E-state index in [9.17, 15) is 4.79 Å². The third-order valence-corrected chi connectivity index (χ3v) is 5.19. The molecule has 2 heterocycles. The zero-order valence-corrected chi connectivity index (χ0v) is 13.5. The first-order valence-electron chi connectivity index (χ1n) is 8.34. The van der Waals surface area contributed by atoms with Gasteiger partial charge in [-0.1, -0.05) is 6.08 Å².